The average molecular weight is 430 g/mol. The van der Waals surface area contributed by atoms with Crippen LogP contribution in [-0.4, -0.2) is 53.4 Å². The molecule has 3 aromatic heterocycles. The summed E-state index contributed by atoms with van der Waals surface area (Å²) >= 11 is 1.76. The van der Waals surface area contributed by atoms with E-state index in [2.05, 4.69) is 25.2 Å². The lowest BCUT2D eigenvalue weighted by Gasteiger charge is -2.07. The van der Waals surface area contributed by atoms with E-state index in [1.165, 1.54) is 0 Å². The first-order chi connectivity index (χ1) is 14.5. The molecule has 2 N–H and O–H groups in total. The van der Waals surface area contributed by atoms with E-state index in [1.807, 2.05) is 32.3 Å². The van der Waals surface area contributed by atoms with Crippen LogP contribution in [-0.2, 0) is 18.7 Å². The number of ether oxygens (including phenoxy) is 1. The van der Waals surface area contributed by atoms with Crippen LogP contribution in [0, 0.1) is 0 Å². The fraction of sp³-hybridized carbons (Fsp3) is 0.381. The number of methoxy groups -OCH3 is 1. The second-order valence-electron chi connectivity index (χ2n) is 7.04. The zero-order chi connectivity index (χ0) is 21.3. The summed E-state index contributed by atoms with van der Waals surface area (Å²) in [6.07, 6.45) is 3.65. The zero-order valence-corrected chi connectivity index (χ0v) is 18.3. The van der Waals surface area contributed by atoms with Gasteiger partial charge >= 0.3 is 0 Å². The van der Waals surface area contributed by atoms with Gasteiger partial charge in [0.1, 0.15) is 17.3 Å². The molecule has 0 amide bonds. The number of nitrogens with one attached hydrogen (secondary N) is 2. The molecule has 0 fully saturated rings. The molecular formula is C21H27N5O3S. The summed E-state index contributed by atoms with van der Waals surface area (Å²) in [5, 5.41) is 3.15. The summed E-state index contributed by atoms with van der Waals surface area (Å²) in [6.45, 7) is 1.49. The molecule has 0 aliphatic carbocycles. The van der Waals surface area contributed by atoms with Crippen LogP contribution in [0.1, 0.15) is 22.8 Å². The van der Waals surface area contributed by atoms with Crippen LogP contribution in [0.5, 0.6) is 5.75 Å². The number of thioether (sulfide) groups is 1. The van der Waals surface area contributed by atoms with Gasteiger partial charge in [-0.2, -0.15) is 11.8 Å². The molecule has 0 spiro atoms. The van der Waals surface area contributed by atoms with Gasteiger partial charge in [0.15, 0.2) is 0 Å². The summed E-state index contributed by atoms with van der Waals surface area (Å²) in [5.41, 5.74) is 1.14. The Labute approximate surface area is 180 Å². The van der Waals surface area contributed by atoms with Crippen LogP contribution in [0.15, 0.2) is 45.9 Å². The lowest BCUT2D eigenvalue weighted by atomic mass is 10.1. The quantitative estimate of drug-likeness (QED) is 0.449. The van der Waals surface area contributed by atoms with Crippen LogP contribution in [0.2, 0.25) is 0 Å². The van der Waals surface area contributed by atoms with Crippen molar-refractivity contribution in [1.29, 1.82) is 0 Å². The standard InChI is InChI=1S/C21H27N5O3S/c1-26(2)13-18-4-5-19(29-18)14-30-9-8-23-21-24-12-15(20(27)25-21)10-16-11-17(28-3)6-7-22-16/h4-7,11-12H,8-10,13-14H2,1-3H3,(H2,23,24,25,27). The van der Waals surface area contributed by atoms with Gasteiger partial charge in [0.2, 0.25) is 5.95 Å². The molecule has 0 bridgehead atoms. The molecule has 0 atom stereocenters. The molecule has 3 rings (SSSR count). The van der Waals surface area contributed by atoms with Gasteiger partial charge in [-0.3, -0.25) is 14.8 Å². The number of hydrogen-bond donors (Lipinski definition) is 2. The van der Waals surface area contributed by atoms with E-state index >= 15 is 0 Å². The second-order valence-corrected chi connectivity index (χ2v) is 8.14. The maximum Gasteiger partial charge on any atom is 0.255 e. The number of aromatic amines is 1. The largest absolute Gasteiger partial charge is 0.497 e. The van der Waals surface area contributed by atoms with E-state index in [0.717, 1.165) is 35.3 Å². The van der Waals surface area contributed by atoms with Gasteiger partial charge in [0.05, 0.1) is 19.4 Å². The second kappa shape index (κ2) is 10.8. The van der Waals surface area contributed by atoms with Crippen LogP contribution in [0.3, 0.4) is 0 Å². The molecule has 0 saturated carbocycles. The predicted octanol–water partition coefficient (Wildman–Crippen LogP) is 2.76. The van der Waals surface area contributed by atoms with Gasteiger partial charge in [0.25, 0.3) is 5.56 Å². The van der Waals surface area contributed by atoms with Gasteiger partial charge in [-0.1, -0.05) is 0 Å². The van der Waals surface area contributed by atoms with Crippen LogP contribution in [0.4, 0.5) is 5.95 Å². The molecule has 30 heavy (non-hydrogen) atoms. The van der Waals surface area contributed by atoms with Gasteiger partial charge in [-0.25, -0.2) is 4.98 Å². The minimum absolute atomic E-state index is 0.172. The van der Waals surface area contributed by atoms with Crippen molar-refractivity contribution in [3.05, 3.63) is 69.8 Å². The van der Waals surface area contributed by atoms with Crippen molar-refractivity contribution in [1.82, 2.24) is 19.9 Å². The highest BCUT2D eigenvalue weighted by molar-refractivity contribution is 7.98. The minimum atomic E-state index is -0.172. The van der Waals surface area contributed by atoms with Crippen molar-refractivity contribution in [3.63, 3.8) is 0 Å². The number of pyridine rings is 1. The minimum Gasteiger partial charge on any atom is -0.497 e. The molecule has 0 aliphatic rings. The summed E-state index contributed by atoms with van der Waals surface area (Å²) in [5.74, 6) is 4.80. The Morgan fingerprint density at radius 1 is 1.23 bits per heavy atom. The number of hydrogen-bond acceptors (Lipinski definition) is 8. The highest BCUT2D eigenvalue weighted by Gasteiger charge is 2.07. The number of H-pyrrole nitrogens is 1. The monoisotopic (exact) mass is 429 g/mol. The molecule has 9 heteroatoms. The average Bonchev–Trinajstić information content (AvgIpc) is 3.16. The number of nitrogens with zero attached hydrogens (tertiary/aromatic N) is 3. The first-order valence-electron chi connectivity index (χ1n) is 9.64. The van der Waals surface area contributed by atoms with E-state index in [1.54, 1.807) is 37.3 Å². The van der Waals surface area contributed by atoms with Gasteiger partial charge in [-0.15, -0.1) is 0 Å². The Balaban J connectivity index is 1.43. The molecular weight excluding hydrogens is 402 g/mol. The fourth-order valence-electron chi connectivity index (χ4n) is 2.82. The maximum absolute atomic E-state index is 12.3. The lowest BCUT2D eigenvalue weighted by Crippen LogP contribution is -2.18. The van der Waals surface area contributed by atoms with Crippen LogP contribution >= 0.6 is 11.8 Å². The Morgan fingerprint density at radius 2 is 2.07 bits per heavy atom. The Kier molecular flexibility index (Phi) is 7.92. The fourth-order valence-corrected chi connectivity index (χ4v) is 3.57. The topological polar surface area (TPSA) is 96.3 Å². The first kappa shape index (κ1) is 21.9. The molecule has 0 saturated heterocycles. The molecule has 0 unspecified atom stereocenters. The van der Waals surface area contributed by atoms with E-state index in [9.17, 15) is 4.79 Å². The highest BCUT2D eigenvalue weighted by Crippen LogP contribution is 2.16. The summed E-state index contributed by atoms with van der Waals surface area (Å²) in [7, 11) is 5.63. The Hall–Kier alpha value is -2.78. The molecule has 0 aromatic carbocycles. The van der Waals surface area contributed by atoms with E-state index < -0.39 is 0 Å². The summed E-state index contributed by atoms with van der Waals surface area (Å²) in [6, 6.07) is 7.62. The normalized spacial score (nSPS) is 11.1. The van der Waals surface area contributed by atoms with E-state index in [0.29, 0.717) is 30.2 Å². The van der Waals surface area contributed by atoms with Crippen molar-refractivity contribution < 1.29 is 9.15 Å². The first-order valence-corrected chi connectivity index (χ1v) is 10.8. The molecule has 3 aromatic rings. The lowest BCUT2D eigenvalue weighted by molar-refractivity contribution is 0.344. The van der Waals surface area contributed by atoms with Gasteiger partial charge in [-0.05, 0) is 32.3 Å². The van der Waals surface area contributed by atoms with Gasteiger partial charge < -0.3 is 19.4 Å². The maximum atomic E-state index is 12.3. The number of rotatable bonds is 11. The third kappa shape index (κ3) is 6.64. The van der Waals surface area contributed by atoms with Crippen molar-refractivity contribution in [2.45, 2.75) is 18.7 Å². The van der Waals surface area contributed by atoms with Crippen LogP contribution in [0.25, 0.3) is 0 Å². The van der Waals surface area contributed by atoms with Gasteiger partial charge in [0, 0.05) is 48.4 Å². The predicted molar refractivity (Wildman–Crippen MR) is 119 cm³/mol. The number of anilines is 1. The Bertz CT molecular complexity index is 1000. The van der Waals surface area contributed by atoms with Crippen molar-refractivity contribution in [3.8, 4) is 5.75 Å². The smallest absolute Gasteiger partial charge is 0.255 e. The summed E-state index contributed by atoms with van der Waals surface area (Å²) < 4.78 is 11.0. The molecule has 8 nitrogen and oxygen atoms in total. The molecule has 160 valence electrons. The van der Waals surface area contributed by atoms with Crippen LogP contribution < -0.4 is 15.6 Å². The number of furan rings is 1. The summed E-state index contributed by atoms with van der Waals surface area (Å²) in [4.78, 5) is 25.8. The van der Waals surface area contributed by atoms with Crippen molar-refractivity contribution in [2.75, 3.05) is 38.8 Å². The third-order valence-electron chi connectivity index (χ3n) is 4.24. The Morgan fingerprint density at radius 3 is 2.83 bits per heavy atom. The van der Waals surface area contributed by atoms with Crippen molar-refractivity contribution >= 4 is 17.7 Å². The molecule has 3 heterocycles. The molecule has 0 aliphatic heterocycles. The van der Waals surface area contributed by atoms with E-state index in [-0.39, 0.29) is 5.56 Å². The third-order valence-corrected chi connectivity index (χ3v) is 5.22. The highest BCUT2D eigenvalue weighted by atomic mass is 32.2. The number of aromatic nitrogens is 3. The molecule has 0 radical (unpaired) electrons. The SMILES string of the molecule is COc1ccnc(Cc2cnc(NCCSCc3ccc(CN(C)C)o3)[nH]c2=O)c1. The zero-order valence-electron chi connectivity index (χ0n) is 17.5. The van der Waals surface area contributed by atoms with Crippen molar-refractivity contribution in [2.24, 2.45) is 0 Å². The van der Waals surface area contributed by atoms with E-state index in [4.69, 9.17) is 9.15 Å².